The number of hydrogen-bond donors (Lipinski definition) is 1. The van der Waals surface area contributed by atoms with E-state index in [-0.39, 0.29) is 5.91 Å². The number of hydrogen-bond acceptors (Lipinski definition) is 4. The number of rotatable bonds is 6. The first-order valence-electron chi connectivity index (χ1n) is 6.90. The summed E-state index contributed by atoms with van der Waals surface area (Å²) in [5, 5.41) is 7.02. The predicted molar refractivity (Wildman–Crippen MR) is 72.1 cm³/mol. The molecule has 1 aromatic heterocycles. The molecule has 0 aliphatic carbocycles. The van der Waals surface area contributed by atoms with Gasteiger partial charge in [0.05, 0.1) is 25.0 Å². The lowest BCUT2D eigenvalue weighted by Crippen LogP contribution is -2.38. The van der Waals surface area contributed by atoms with Crippen molar-refractivity contribution in [2.75, 3.05) is 39.4 Å². The van der Waals surface area contributed by atoms with E-state index >= 15 is 0 Å². The molecule has 1 aliphatic rings. The number of aryl methyl sites for hydroxylation is 1. The van der Waals surface area contributed by atoms with Gasteiger partial charge in [0, 0.05) is 32.4 Å². The molecule has 0 saturated carbocycles. The molecule has 19 heavy (non-hydrogen) atoms. The van der Waals surface area contributed by atoms with Gasteiger partial charge in [0.15, 0.2) is 0 Å². The topological polar surface area (TPSA) is 59.4 Å². The Bertz CT molecular complexity index is 399. The van der Waals surface area contributed by atoms with Crippen LogP contribution in [0.3, 0.4) is 0 Å². The van der Waals surface area contributed by atoms with Gasteiger partial charge in [-0.3, -0.25) is 14.4 Å². The first-order chi connectivity index (χ1) is 9.29. The first-order valence-corrected chi connectivity index (χ1v) is 6.90. The fourth-order valence-corrected chi connectivity index (χ4v) is 2.09. The molecule has 1 saturated heterocycles. The SMILES string of the molecule is CCn1cc(C(=O)NCCCN2CCOCC2)cn1. The Morgan fingerprint density at radius 1 is 1.47 bits per heavy atom. The number of aromatic nitrogens is 2. The minimum atomic E-state index is -0.0401. The Kier molecular flexibility index (Phi) is 5.35. The van der Waals surface area contributed by atoms with Gasteiger partial charge in [0.2, 0.25) is 0 Å². The van der Waals surface area contributed by atoms with E-state index in [1.807, 2.05) is 6.92 Å². The maximum atomic E-state index is 11.8. The molecule has 0 unspecified atom stereocenters. The van der Waals surface area contributed by atoms with Gasteiger partial charge in [0.25, 0.3) is 5.91 Å². The molecule has 2 heterocycles. The molecule has 0 spiro atoms. The fraction of sp³-hybridized carbons (Fsp3) is 0.692. The lowest BCUT2D eigenvalue weighted by Gasteiger charge is -2.26. The molecule has 1 aliphatic heterocycles. The maximum Gasteiger partial charge on any atom is 0.254 e. The fourth-order valence-electron chi connectivity index (χ4n) is 2.09. The minimum Gasteiger partial charge on any atom is -0.379 e. The van der Waals surface area contributed by atoms with E-state index in [1.165, 1.54) is 0 Å². The highest BCUT2D eigenvalue weighted by molar-refractivity contribution is 5.93. The van der Waals surface area contributed by atoms with Gasteiger partial charge >= 0.3 is 0 Å². The molecule has 0 radical (unpaired) electrons. The predicted octanol–water partition coefficient (Wildman–Crippen LogP) is 0.355. The third kappa shape index (κ3) is 4.33. The van der Waals surface area contributed by atoms with Crippen LogP contribution in [-0.2, 0) is 11.3 Å². The standard InChI is InChI=1S/C13H22N4O2/c1-2-17-11-12(10-15-17)13(18)14-4-3-5-16-6-8-19-9-7-16/h10-11H,2-9H2,1H3,(H,14,18). The summed E-state index contributed by atoms with van der Waals surface area (Å²) in [6.07, 6.45) is 4.35. The molecule has 0 bridgehead atoms. The van der Waals surface area contributed by atoms with Crippen molar-refractivity contribution in [2.24, 2.45) is 0 Å². The van der Waals surface area contributed by atoms with E-state index in [1.54, 1.807) is 17.1 Å². The van der Waals surface area contributed by atoms with Gasteiger partial charge in [0.1, 0.15) is 0 Å². The Morgan fingerprint density at radius 3 is 2.95 bits per heavy atom. The van der Waals surface area contributed by atoms with E-state index in [9.17, 15) is 4.79 Å². The van der Waals surface area contributed by atoms with Crippen molar-refractivity contribution in [3.05, 3.63) is 18.0 Å². The average Bonchev–Trinajstić information content (AvgIpc) is 2.93. The molecule has 2 rings (SSSR count). The van der Waals surface area contributed by atoms with Gasteiger partial charge in [-0.25, -0.2) is 0 Å². The van der Waals surface area contributed by atoms with Crippen molar-refractivity contribution in [1.82, 2.24) is 20.0 Å². The number of carbonyl (C=O) groups excluding carboxylic acids is 1. The van der Waals surface area contributed by atoms with Gasteiger partial charge in [-0.05, 0) is 19.9 Å². The van der Waals surface area contributed by atoms with Crippen LogP contribution in [0.1, 0.15) is 23.7 Å². The first kappa shape index (κ1) is 14.0. The molecular formula is C13H22N4O2. The number of morpholine rings is 1. The molecule has 1 fully saturated rings. The normalized spacial score (nSPS) is 16.5. The quantitative estimate of drug-likeness (QED) is 0.755. The van der Waals surface area contributed by atoms with Gasteiger partial charge < -0.3 is 10.1 Å². The zero-order valence-electron chi connectivity index (χ0n) is 11.5. The summed E-state index contributed by atoms with van der Waals surface area (Å²) < 4.78 is 7.05. The lowest BCUT2D eigenvalue weighted by molar-refractivity contribution is 0.0374. The molecular weight excluding hydrogens is 244 g/mol. The summed E-state index contributed by atoms with van der Waals surface area (Å²) in [6, 6.07) is 0. The Hall–Kier alpha value is -1.40. The monoisotopic (exact) mass is 266 g/mol. The van der Waals surface area contributed by atoms with Crippen LogP contribution >= 0.6 is 0 Å². The van der Waals surface area contributed by atoms with E-state index < -0.39 is 0 Å². The summed E-state index contributed by atoms with van der Waals surface area (Å²) in [4.78, 5) is 14.2. The number of nitrogens with zero attached hydrogens (tertiary/aromatic N) is 3. The number of carbonyl (C=O) groups is 1. The average molecular weight is 266 g/mol. The van der Waals surface area contributed by atoms with E-state index in [0.29, 0.717) is 12.1 Å². The Morgan fingerprint density at radius 2 is 2.26 bits per heavy atom. The van der Waals surface area contributed by atoms with E-state index in [2.05, 4.69) is 15.3 Å². The molecule has 6 heteroatoms. The second-order valence-corrected chi connectivity index (χ2v) is 4.65. The largest absolute Gasteiger partial charge is 0.379 e. The van der Waals surface area contributed by atoms with Crippen molar-refractivity contribution in [1.29, 1.82) is 0 Å². The maximum absolute atomic E-state index is 11.8. The number of ether oxygens (including phenoxy) is 1. The second-order valence-electron chi connectivity index (χ2n) is 4.65. The summed E-state index contributed by atoms with van der Waals surface area (Å²) in [5.74, 6) is -0.0401. The van der Waals surface area contributed by atoms with E-state index in [0.717, 1.165) is 45.8 Å². The number of nitrogens with one attached hydrogen (secondary N) is 1. The zero-order valence-corrected chi connectivity index (χ0v) is 11.5. The van der Waals surface area contributed by atoms with Gasteiger partial charge in [-0.1, -0.05) is 0 Å². The van der Waals surface area contributed by atoms with Crippen LogP contribution in [0, 0.1) is 0 Å². The minimum absolute atomic E-state index is 0.0401. The Balaban J connectivity index is 1.63. The van der Waals surface area contributed by atoms with E-state index in [4.69, 9.17) is 4.74 Å². The molecule has 1 amide bonds. The van der Waals surface area contributed by atoms with Crippen LogP contribution < -0.4 is 5.32 Å². The lowest BCUT2D eigenvalue weighted by atomic mass is 10.3. The van der Waals surface area contributed by atoms with Crippen LogP contribution in [0.15, 0.2) is 12.4 Å². The van der Waals surface area contributed by atoms with Crippen molar-refractivity contribution in [3.63, 3.8) is 0 Å². The van der Waals surface area contributed by atoms with Crippen LogP contribution in [-0.4, -0.2) is 60.0 Å². The smallest absolute Gasteiger partial charge is 0.254 e. The molecule has 6 nitrogen and oxygen atoms in total. The summed E-state index contributed by atoms with van der Waals surface area (Å²) >= 11 is 0. The highest BCUT2D eigenvalue weighted by Gasteiger charge is 2.10. The number of amides is 1. The summed E-state index contributed by atoms with van der Waals surface area (Å²) in [5.41, 5.74) is 0.633. The zero-order chi connectivity index (χ0) is 13.5. The van der Waals surface area contributed by atoms with Crippen LogP contribution in [0.4, 0.5) is 0 Å². The molecule has 106 valence electrons. The molecule has 1 aromatic rings. The van der Waals surface area contributed by atoms with Crippen LogP contribution in [0.5, 0.6) is 0 Å². The van der Waals surface area contributed by atoms with Crippen LogP contribution in [0.2, 0.25) is 0 Å². The summed E-state index contributed by atoms with van der Waals surface area (Å²) in [6.45, 7) is 8.13. The summed E-state index contributed by atoms with van der Waals surface area (Å²) in [7, 11) is 0. The molecule has 1 N–H and O–H groups in total. The second kappa shape index (κ2) is 7.25. The molecule has 0 aromatic carbocycles. The van der Waals surface area contributed by atoms with Crippen molar-refractivity contribution in [2.45, 2.75) is 19.9 Å². The highest BCUT2D eigenvalue weighted by Crippen LogP contribution is 1.99. The van der Waals surface area contributed by atoms with Crippen molar-refractivity contribution in [3.8, 4) is 0 Å². The van der Waals surface area contributed by atoms with Crippen molar-refractivity contribution >= 4 is 5.91 Å². The van der Waals surface area contributed by atoms with Crippen LogP contribution in [0.25, 0.3) is 0 Å². The third-order valence-corrected chi connectivity index (χ3v) is 3.26. The Labute approximate surface area is 113 Å². The third-order valence-electron chi connectivity index (χ3n) is 3.26. The highest BCUT2D eigenvalue weighted by atomic mass is 16.5. The molecule has 0 atom stereocenters. The van der Waals surface area contributed by atoms with Crippen molar-refractivity contribution < 1.29 is 9.53 Å². The van der Waals surface area contributed by atoms with Gasteiger partial charge in [-0.15, -0.1) is 0 Å². The van der Waals surface area contributed by atoms with Gasteiger partial charge in [-0.2, -0.15) is 5.10 Å².